The maximum atomic E-state index is 4.91. The third-order valence-corrected chi connectivity index (χ3v) is 7.37. The number of aromatic nitrogens is 4. The molecule has 4 heterocycles. The fourth-order valence-corrected chi connectivity index (χ4v) is 6.01. The topological polar surface area (TPSA) is 43.6 Å². The number of allylic oxidation sites excluding steroid dienone is 1. The van der Waals surface area contributed by atoms with Crippen molar-refractivity contribution in [1.29, 1.82) is 0 Å². The van der Waals surface area contributed by atoms with Gasteiger partial charge >= 0.3 is 0 Å². The van der Waals surface area contributed by atoms with Crippen molar-refractivity contribution < 1.29 is 0 Å². The first-order valence-corrected chi connectivity index (χ1v) is 11.6. The highest BCUT2D eigenvalue weighted by Gasteiger charge is 2.24. The van der Waals surface area contributed by atoms with Crippen LogP contribution in [0.25, 0.3) is 54.2 Å². The maximum absolute atomic E-state index is 4.91. The molecule has 2 aromatic carbocycles. The average Bonchev–Trinajstić information content (AvgIpc) is 3.40. The van der Waals surface area contributed by atoms with Gasteiger partial charge in [0.05, 0.1) is 29.3 Å². The Morgan fingerprint density at radius 1 is 0.875 bits per heavy atom. The summed E-state index contributed by atoms with van der Waals surface area (Å²) in [6.45, 7) is 0. The van der Waals surface area contributed by atoms with Gasteiger partial charge in [-0.1, -0.05) is 60.7 Å². The molecule has 32 heavy (non-hydrogen) atoms. The second-order valence-corrected chi connectivity index (χ2v) is 9.09. The number of pyridine rings is 1. The van der Waals surface area contributed by atoms with E-state index in [4.69, 9.17) is 9.97 Å². The zero-order valence-electron chi connectivity index (χ0n) is 17.2. The molecule has 0 fully saturated rings. The number of hydrogen-bond acceptors (Lipinski definition) is 4. The molecule has 0 unspecified atom stereocenters. The lowest BCUT2D eigenvalue weighted by atomic mass is 10.00. The van der Waals surface area contributed by atoms with Crippen LogP contribution in [0.3, 0.4) is 0 Å². The van der Waals surface area contributed by atoms with E-state index in [-0.39, 0.29) is 0 Å². The van der Waals surface area contributed by atoms with Crippen molar-refractivity contribution in [3.05, 3.63) is 90.7 Å². The van der Waals surface area contributed by atoms with Gasteiger partial charge in [0, 0.05) is 37.7 Å². The molecule has 0 saturated heterocycles. The largest absolute Gasteiger partial charge is 0.308 e. The van der Waals surface area contributed by atoms with Gasteiger partial charge in [0.2, 0.25) is 0 Å². The average molecular weight is 431 g/mol. The minimum absolute atomic E-state index is 0.935. The van der Waals surface area contributed by atoms with E-state index in [0.717, 1.165) is 40.1 Å². The summed E-state index contributed by atoms with van der Waals surface area (Å²) in [4.78, 5) is 15.1. The number of benzene rings is 2. The summed E-state index contributed by atoms with van der Waals surface area (Å²) in [6.07, 6.45) is 12.2. The van der Waals surface area contributed by atoms with Crippen LogP contribution < -0.4 is 0 Å². The van der Waals surface area contributed by atoms with Gasteiger partial charge < -0.3 is 4.57 Å². The third-order valence-electron chi connectivity index (χ3n) is 6.29. The summed E-state index contributed by atoms with van der Waals surface area (Å²) < 4.78 is 3.62. The molecule has 0 radical (unpaired) electrons. The summed E-state index contributed by atoms with van der Waals surface area (Å²) in [5.41, 5.74) is 6.74. The Bertz CT molecular complexity index is 1670. The lowest BCUT2D eigenvalue weighted by Crippen LogP contribution is -2.06. The van der Waals surface area contributed by atoms with Crippen molar-refractivity contribution >= 4 is 48.6 Å². The van der Waals surface area contributed by atoms with Crippen LogP contribution in [0.4, 0.5) is 0 Å². The molecule has 7 rings (SSSR count). The first kappa shape index (κ1) is 17.8. The van der Waals surface area contributed by atoms with Crippen LogP contribution in [-0.4, -0.2) is 19.5 Å². The van der Waals surface area contributed by atoms with E-state index < -0.39 is 0 Å². The number of hydrogen-bond donors (Lipinski definition) is 0. The fourth-order valence-electron chi connectivity index (χ4n) is 4.96. The molecule has 0 saturated carbocycles. The highest BCUT2D eigenvalue weighted by atomic mass is 32.1. The minimum Gasteiger partial charge on any atom is -0.308 e. The van der Waals surface area contributed by atoms with Gasteiger partial charge in [-0.15, -0.1) is 11.3 Å². The van der Waals surface area contributed by atoms with Crippen molar-refractivity contribution in [2.24, 2.45) is 0 Å². The van der Waals surface area contributed by atoms with Crippen LogP contribution >= 0.6 is 11.3 Å². The van der Waals surface area contributed by atoms with Crippen molar-refractivity contribution in [3.63, 3.8) is 0 Å². The van der Waals surface area contributed by atoms with Crippen molar-refractivity contribution in [2.45, 2.75) is 12.8 Å². The third kappa shape index (κ3) is 2.46. The molecule has 6 aromatic rings. The normalized spacial score (nSPS) is 13.2. The highest BCUT2D eigenvalue weighted by molar-refractivity contribution is 7.25. The molecular formula is C27H18N4S. The Kier molecular flexibility index (Phi) is 3.81. The Hall–Kier alpha value is -3.83. The summed E-state index contributed by atoms with van der Waals surface area (Å²) in [6, 6.07) is 19.0. The zero-order chi connectivity index (χ0) is 21.1. The zero-order valence-corrected chi connectivity index (χ0v) is 18.0. The number of nitrogens with zero attached hydrogens (tertiary/aromatic N) is 4. The quantitative estimate of drug-likeness (QED) is 0.303. The van der Waals surface area contributed by atoms with Crippen LogP contribution in [0.15, 0.2) is 79.4 Å². The number of thiophene rings is 1. The fraction of sp³-hybridized carbons (Fsp3) is 0.0741. The first-order chi connectivity index (χ1) is 15.9. The van der Waals surface area contributed by atoms with Crippen LogP contribution in [0.2, 0.25) is 0 Å². The van der Waals surface area contributed by atoms with E-state index in [2.05, 4.69) is 70.2 Å². The standard InChI is InChI=1S/C27H18N4S/c1-2-8-17(9-3-1)26-22(14-28-16-30-26)31-20-12-6-4-10-18(20)24-21(31)15-29-27-25(24)19-11-5-7-13-23(19)32-27/h1-5,7-11,13-16H,6,12H2. The SMILES string of the molecule is C1=Cc2c(n(-c3cncnc3-c3ccccc3)c3cnc4sc5ccccc5c4c23)CC1. The van der Waals surface area contributed by atoms with Gasteiger partial charge in [0.25, 0.3) is 0 Å². The highest BCUT2D eigenvalue weighted by Crippen LogP contribution is 2.43. The summed E-state index contributed by atoms with van der Waals surface area (Å²) in [5.74, 6) is 0. The number of fused-ring (bicyclic) bond motifs is 7. The smallest absolute Gasteiger partial charge is 0.125 e. The van der Waals surface area contributed by atoms with E-state index in [9.17, 15) is 0 Å². The molecule has 0 bridgehead atoms. The van der Waals surface area contributed by atoms with Crippen LogP contribution in [-0.2, 0) is 6.42 Å². The second-order valence-electron chi connectivity index (χ2n) is 8.06. The predicted octanol–water partition coefficient (Wildman–Crippen LogP) is 6.81. The first-order valence-electron chi connectivity index (χ1n) is 10.8. The molecule has 1 aliphatic carbocycles. The molecule has 4 aromatic heterocycles. The van der Waals surface area contributed by atoms with E-state index in [1.54, 1.807) is 17.7 Å². The molecule has 0 spiro atoms. The molecule has 5 heteroatoms. The molecule has 152 valence electrons. The van der Waals surface area contributed by atoms with Crippen molar-refractivity contribution in [1.82, 2.24) is 19.5 Å². The van der Waals surface area contributed by atoms with Crippen molar-refractivity contribution in [3.8, 4) is 16.9 Å². The number of rotatable bonds is 2. The van der Waals surface area contributed by atoms with Gasteiger partial charge in [0.15, 0.2) is 0 Å². The Morgan fingerprint density at radius 3 is 2.69 bits per heavy atom. The van der Waals surface area contributed by atoms with Crippen LogP contribution in [0, 0.1) is 0 Å². The molecule has 0 N–H and O–H groups in total. The summed E-state index contributed by atoms with van der Waals surface area (Å²) in [7, 11) is 0. The molecule has 0 aliphatic heterocycles. The van der Waals surface area contributed by atoms with Crippen LogP contribution in [0.1, 0.15) is 17.7 Å². The van der Waals surface area contributed by atoms with Gasteiger partial charge in [-0.25, -0.2) is 15.0 Å². The second kappa shape index (κ2) is 6.84. The van der Waals surface area contributed by atoms with E-state index >= 15 is 0 Å². The van der Waals surface area contributed by atoms with Gasteiger partial charge in [0.1, 0.15) is 11.2 Å². The Morgan fingerprint density at radius 2 is 1.75 bits per heavy atom. The van der Waals surface area contributed by atoms with Gasteiger partial charge in [-0.3, -0.25) is 0 Å². The van der Waals surface area contributed by atoms with E-state index in [1.165, 1.54) is 32.1 Å². The monoisotopic (exact) mass is 430 g/mol. The summed E-state index contributed by atoms with van der Waals surface area (Å²) >= 11 is 1.76. The summed E-state index contributed by atoms with van der Waals surface area (Å²) in [5, 5.41) is 3.81. The van der Waals surface area contributed by atoms with Crippen molar-refractivity contribution in [2.75, 3.05) is 0 Å². The maximum Gasteiger partial charge on any atom is 0.125 e. The molecule has 1 aliphatic rings. The molecule has 4 nitrogen and oxygen atoms in total. The van der Waals surface area contributed by atoms with E-state index in [1.807, 2.05) is 18.5 Å². The lowest BCUT2D eigenvalue weighted by Gasteiger charge is -2.15. The molecule has 0 amide bonds. The Balaban J connectivity index is 1.65. The lowest BCUT2D eigenvalue weighted by molar-refractivity contribution is 0.881. The minimum atomic E-state index is 0.935. The molecule has 0 atom stereocenters. The van der Waals surface area contributed by atoms with E-state index in [0.29, 0.717) is 0 Å². The Labute approximate surface area is 188 Å². The van der Waals surface area contributed by atoms with Gasteiger partial charge in [-0.05, 0) is 18.9 Å². The molecular weight excluding hydrogens is 412 g/mol. The predicted molar refractivity (Wildman–Crippen MR) is 132 cm³/mol. The van der Waals surface area contributed by atoms with Crippen LogP contribution in [0.5, 0.6) is 0 Å². The van der Waals surface area contributed by atoms with Gasteiger partial charge in [-0.2, -0.15) is 0 Å².